The number of aromatic nitrogens is 1. The summed E-state index contributed by atoms with van der Waals surface area (Å²) >= 11 is 8.60. The summed E-state index contributed by atoms with van der Waals surface area (Å²) in [6, 6.07) is 0. The van der Waals surface area contributed by atoms with Crippen molar-refractivity contribution in [3.8, 4) is 0 Å². The summed E-state index contributed by atoms with van der Waals surface area (Å²) in [6.07, 6.45) is -2.06. The van der Waals surface area contributed by atoms with Crippen LogP contribution >= 0.6 is 27.5 Å². The lowest BCUT2D eigenvalue weighted by Crippen LogP contribution is -2.06. The molecule has 0 radical (unpaired) electrons. The van der Waals surface area contributed by atoms with Crippen molar-refractivity contribution in [3.05, 3.63) is 27.5 Å². The van der Waals surface area contributed by atoms with Crippen LogP contribution in [0, 0.1) is 0 Å². The van der Waals surface area contributed by atoms with Crippen molar-refractivity contribution in [2.24, 2.45) is 0 Å². The summed E-state index contributed by atoms with van der Waals surface area (Å²) in [5.74, 6) is -1.21. The van der Waals surface area contributed by atoms with E-state index in [0.717, 1.165) is 6.20 Å². The van der Waals surface area contributed by atoms with E-state index >= 15 is 0 Å². The van der Waals surface area contributed by atoms with Gasteiger partial charge in [0.1, 0.15) is 0 Å². The third-order valence-electron chi connectivity index (χ3n) is 1.91. The molecule has 88 valence electrons. The van der Waals surface area contributed by atoms with E-state index in [1.807, 2.05) is 0 Å². The zero-order valence-corrected chi connectivity index (χ0v) is 10.2. The third-order valence-corrected chi connectivity index (χ3v) is 3.12. The van der Waals surface area contributed by atoms with Crippen molar-refractivity contribution < 1.29 is 18.7 Å². The number of carbonyl (C=O) groups is 1. The lowest BCUT2D eigenvalue weighted by Gasteiger charge is -2.10. The van der Waals surface area contributed by atoms with Gasteiger partial charge in [-0.1, -0.05) is 0 Å². The molecule has 7 heteroatoms. The van der Waals surface area contributed by atoms with Crippen molar-refractivity contribution in [2.45, 2.75) is 18.7 Å². The van der Waals surface area contributed by atoms with Crippen molar-refractivity contribution >= 4 is 33.5 Å². The summed E-state index contributed by atoms with van der Waals surface area (Å²) in [5.41, 5.74) is 0.0893. The third kappa shape index (κ3) is 2.89. The molecule has 0 aliphatic rings. The molecular formula is C9H7BrClF2NO2. The fourth-order valence-electron chi connectivity index (χ4n) is 1.17. The lowest BCUT2D eigenvalue weighted by atomic mass is 10.1. The largest absolute Gasteiger partial charge is 0.481 e. The Bertz CT molecular complexity index is 415. The average molecular weight is 315 g/mol. The average Bonchev–Trinajstić information content (AvgIpc) is 2.19. The molecule has 1 N–H and O–H groups in total. The zero-order valence-electron chi connectivity index (χ0n) is 7.88. The van der Waals surface area contributed by atoms with E-state index in [9.17, 15) is 13.6 Å². The highest BCUT2D eigenvalue weighted by Gasteiger charge is 2.19. The molecule has 1 aromatic rings. The first-order valence-electron chi connectivity index (χ1n) is 4.19. The highest BCUT2D eigenvalue weighted by atomic mass is 79.9. The van der Waals surface area contributed by atoms with Crippen LogP contribution in [0.5, 0.6) is 0 Å². The molecule has 16 heavy (non-hydrogen) atoms. The Morgan fingerprint density at radius 2 is 2.25 bits per heavy atom. The van der Waals surface area contributed by atoms with Gasteiger partial charge < -0.3 is 5.11 Å². The first-order valence-corrected chi connectivity index (χ1v) is 5.52. The summed E-state index contributed by atoms with van der Waals surface area (Å²) in [7, 11) is 0. The molecule has 3 nitrogen and oxygen atoms in total. The molecule has 0 aromatic carbocycles. The van der Waals surface area contributed by atoms with E-state index in [-0.39, 0.29) is 33.6 Å². The number of aliphatic carboxylic acids is 1. The van der Waals surface area contributed by atoms with E-state index in [1.165, 1.54) is 0 Å². The molecule has 0 atom stereocenters. The molecule has 0 bridgehead atoms. The number of halogens is 4. The maximum Gasteiger partial charge on any atom is 0.309 e. The van der Waals surface area contributed by atoms with Gasteiger partial charge in [-0.3, -0.25) is 9.78 Å². The predicted molar refractivity (Wildman–Crippen MR) is 57.8 cm³/mol. The van der Waals surface area contributed by atoms with Crippen LogP contribution in [0.4, 0.5) is 8.78 Å². The Balaban J connectivity index is 3.23. The number of carboxylic acids is 1. The Morgan fingerprint density at radius 1 is 1.62 bits per heavy atom. The number of pyridine rings is 1. The quantitative estimate of drug-likeness (QED) is 0.869. The van der Waals surface area contributed by atoms with Gasteiger partial charge in [0.15, 0.2) is 0 Å². The van der Waals surface area contributed by atoms with E-state index in [2.05, 4.69) is 20.9 Å². The van der Waals surface area contributed by atoms with Gasteiger partial charge in [0.2, 0.25) is 0 Å². The zero-order chi connectivity index (χ0) is 12.3. The van der Waals surface area contributed by atoms with Crippen LogP contribution in [0.1, 0.15) is 23.2 Å². The summed E-state index contributed by atoms with van der Waals surface area (Å²) in [4.78, 5) is 14.2. The lowest BCUT2D eigenvalue weighted by molar-refractivity contribution is -0.136. The van der Waals surface area contributed by atoms with Crippen molar-refractivity contribution in [2.75, 3.05) is 0 Å². The maximum atomic E-state index is 12.6. The Kier molecular flexibility index (Phi) is 4.61. The van der Waals surface area contributed by atoms with Crippen LogP contribution in [0.15, 0.2) is 10.7 Å². The van der Waals surface area contributed by atoms with Crippen molar-refractivity contribution in [1.82, 2.24) is 4.98 Å². The van der Waals surface area contributed by atoms with Crippen LogP contribution in [-0.4, -0.2) is 16.1 Å². The number of hydrogen-bond donors (Lipinski definition) is 1. The molecule has 0 aliphatic heterocycles. The van der Waals surface area contributed by atoms with Gasteiger partial charge in [-0.25, -0.2) is 8.78 Å². The molecular weight excluding hydrogens is 307 g/mol. The molecule has 0 amide bonds. The highest BCUT2D eigenvalue weighted by molar-refractivity contribution is 9.10. The van der Waals surface area contributed by atoms with Crippen LogP contribution in [0.3, 0.4) is 0 Å². The Labute approximate surface area is 104 Å². The van der Waals surface area contributed by atoms with Gasteiger partial charge in [0, 0.05) is 22.1 Å². The van der Waals surface area contributed by atoms with Crippen molar-refractivity contribution in [1.29, 1.82) is 0 Å². The van der Waals surface area contributed by atoms with Gasteiger partial charge in [0.05, 0.1) is 12.1 Å². The second kappa shape index (κ2) is 5.54. The minimum Gasteiger partial charge on any atom is -0.481 e. The predicted octanol–water partition coefficient (Wildman–Crippen LogP) is 3.15. The van der Waals surface area contributed by atoms with Crippen LogP contribution in [0.25, 0.3) is 0 Å². The van der Waals surface area contributed by atoms with Gasteiger partial charge in [0.25, 0.3) is 6.43 Å². The maximum absolute atomic E-state index is 12.6. The second-order valence-corrected chi connectivity index (χ2v) is 4.02. The summed E-state index contributed by atoms with van der Waals surface area (Å²) in [5, 5.41) is 8.59. The van der Waals surface area contributed by atoms with E-state index in [0.29, 0.717) is 0 Å². The van der Waals surface area contributed by atoms with Gasteiger partial charge in [-0.2, -0.15) is 0 Å². The Hall–Kier alpha value is -0.750. The second-order valence-electron chi connectivity index (χ2n) is 2.96. The van der Waals surface area contributed by atoms with Gasteiger partial charge >= 0.3 is 5.97 Å². The van der Waals surface area contributed by atoms with Gasteiger partial charge in [-0.05, 0) is 21.5 Å². The first kappa shape index (κ1) is 13.3. The van der Waals surface area contributed by atoms with Crippen LogP contribution < -0.4 is 0 Å². The molecule has 0 aliphatic carbocycles. The molecule has 0 saturated heterocycles. The molecule has 0 spiro atoms. The smallest absolute Gasteiger partial charge is 0.309 e. The van der Waals surface area contributed by atoms with E-state index in [1.54, 1.807) is 0 Å². The van der Waals surface area contributed by atoms with Gasteiger partial charge in [-0.15, -0.1) is 11.6 Å². The minimum absolute atomic E-state index is 0.130. The molecule has 0 fully saturated rings. The molecule has 0 unspecified atom stereocenters. The first-order chi connectivity index (χ1) is 7.47. The van der Waals surface area contributed by atoms with E-state index in [4.69, 9.17) is 16.7 Å². The Morgan fingerprint density at radius 3 is 2.69 bits per heavy atom. The SMILES string of the molecule is O=C(O)Cc1ncc(C(F)F)c(CCl)c1Br. The van der Waals surface area contributed by atoms with Crippen LogP contribution in [0.2, 0.25) is 0 Å². The minimum atomic E-state index is -2.68. The number of hydrogen-bond acceptors (Lipinski definition) is 2. The standard InChI is InChI=1S/C9H7BrClF2NO2/c10-8-4(2-11)5(9(12)13)3-14-6(8)1-7(15)16/h3,9H,1-2H2,(H,15,16). The number of nitrogens with zero attached hydrogens (tertiary/aromatic N) is 1. The summed E-state index contributed by atoms with van der Waals surface area (Å²) < 4.78 is 25.3. The fourth-order valence-corrected chi connectivity index (χ4v) is 2.23. The monoisotopic (exact) mass is 313 g/mol. The number of rotatable bonds is 4. The fraction of sp³-hybridized carbons (Fsp3) is 0.333. The number of alkyl halides is 3. The molecule has 0 saturated carbocycles. The highest BCUT2D eigenvalue weighted by Crippen LogP contribution is 2.31. The molecule has 1 heterocycles. The van der Waals surface area contributed by atoms with E-state index < -0.39 is 12.4 Å². The van der Waals surface area contributed by atoms with Crippen molar-refractivity contribution in [3.63, 3.8) is 0 Å². The number of carboxylic acid groups (broad SMARTS) is 1. The summed E-state index contributed by atoms with van der Waals surface area (Å²) in [6.45, 7) is 0. The molecule has 1 rings (SSSR count). The molecule has 1 aromatic heterocycles. The topological polar surface area (TPSA) is 50.2 Å². The normalized spacial score (nSPS) is 10.8. The van der Waals surface area contributed by atoms with Crippen LogP contribution in [-0.2, 0) is 17.1 Å².